The van der Waals surface area contributed by atoms with Crippen LogP contribution in [0.5, 0.6) is 11.5 Å². The molecule has 0 fully saturated rings. The van der Waals surface area contributed by atoms with Crippen LogP contribution >= 0.6 is 0 Å². The average Bonchev–Trinajstić information content (AvgIpc) is 2.17. The third-order valence-corrected chi connectivity index (χ3v) is 2.79. The number of ether oxygens (including phenoxy) is 1. The molecule has 5 nitrogen and oxygen atoms in total. The number of phenols is 1. The van der Waals surface area contributed by atoms with E-state index in [2.05, 4.69) is 0 Å². The molecule has 1 aromatic rings. The van der Waals surface area contributed by atoms with Crippen LogP contribution in [-0.2, 0) is 10.1 Å². The van der Waals surface area contributed by atoms with Crippen molar-refractivity contribution < 1.29 is 52.4 Å². The van der Waals surface area contributed by atoms with Gasteiger partial charge in [0.05, 0.1) is 16.7 Å². The van der Waals surface area contributed by atoms with Crippen LogP contribution in [0.4, 0.5) is 0 Å². The van der Waals surface area contributed by atoms with Crippen LogP contribution in [0.1, 0.15) is 12.0 Å². The van der Waals surface area contributed by atoms with E-state index in [9.17, 15) is 18.1 Å². The van der Waals surface area contributed by atoms with Crippen molar-refractivity contribution in [2.45, 2.75) is 13.3 Å². The minimum Gasteiger partial charge on any atom is -0.748 e. The minimum absolute atomic E-state index is 0. The molecule has 1 N–H and O–H groups in total. The number of benzene rings is 1. The third-order valence-electron chi connectivity index (χ3n) is 2.00. The summed E-state index contributed by atoms with van der Waals surface area (Å²) in [6, 6.07) is 5.02. The summed E-state index contributed by atoms with van der Waals surface area (Å²) in [6.07, 6.45) is 0.110. The first kappa shape index (κ1) is 16.7. The van der Waals surface area contributed by atoms with E-state index in [1.54, 1.807) is 25.1 Å². The predicted octanol–water partition coefficient (Wildman–Crippen LogP) is -1.98. The topological polar surface area (TPSA) is 86.7 Å². The summed E-state index contributed by atoms with van der Waals surface area (Å²) in [6.45, 7) is 1.81. The zero-order chi connectivity index (χ0) is 12.2. The van der Waals surface area contributed by atoms with E-state index in [0.717, 1.165) is 0 Å². The van der Waals surface area contributed by atoms with E-state index in [4.69, 9.17) is 4.74 Å². The molecule has 0 heterocycles. The fourth-order valence-electron chi connectivity index (χ4n) is 1.17. The Morgan fingerprint density at radius 3 is 2.65 bits per heavy atom. The molecular formula is C10H13NaO5S. The van der Waals surface area contributed by atoms with E-state index in [1.165, 1.54) is 0 Å². The Balaban J connectivity index is 0.00000256. The number of aryl methyl sites for hydroxylation is 1. The second kappa shape index (κ2) is 7.23. The van der Waals surface area contributed by atoms with Crippen molar-refractivity contribution in [3.05, 3.63) is 23.8 Å². The van der Waals surface area contributed by atoms with Crippen molar-refractivity contribution in [3.63, 3.8) is 0 Å². The molecule has 1 aromatic carbocycles. The van der Waals surface area contributed by atoms with Gasteiger partial charge in [0.15, 0.2) is 11.5 Å². The fourth-order valence-corrected chi connectivity index (χ4v) is 1.64. The number of hydrogen-bond acceptors (Lipinski definition) is 5. The summed E-state index contributed by atoms with van der Waals surface area (Å²) in [5, 5.41) is 9.55. The third kappa shape index (κ3) is 6.28. The molecule has 0 saturated carbocycles. The van der Waals surface area contributed by atoms with Crippen LogP contribution in [0.2, 0.25) is 0 Å². The van der Waals surface area contributed by atoms with Gasteiger partial charge in [-0.15, -0.1) is 0 Å². The van der Waals surface area contributed by atoms with Crippen LogP contribution < -0.4 is 34.3 Å². The first-order valence-corrected chi connectivity index (χ1v) is 6.33. The second-order valence-electron chi connectivity index (χ2n) is 3.39. The van der Waals surface area contributed by atoms with Gasteiger partial charge in [-0.1, -0.05) is 12.1 Å². The Labute approximate surface area is 123 Å². The van der Waals surface area contributed by atoms with Crippen LogP contribution in [0.3, 0.4) is 0 Å². The molecule has 0 unspecified atom stereocenters. The van der Waals surface area contributed by atoms with E-state index in [0.29, 0.717) is 11.3 Å². The maximum absolute atomic E-state index is 10.3. The number of para-hydroxylation sites is 1. The average molecular weight is 268 g/mol. The zero-order valence-corrected chi connectivity index (χ0v) is 12.7. The molecule has 7 heteroatoms. The fraction of sp³-hybridized carbons (Fsp3) is 0.400. The van der Waals surface area contributed by atoms with E-state index < -0.39 is 15.9 Å². The van der Waals surface area contributed by atoms with Crippen molar-refractivity contribution in [2.75, 3.05) is 12.4 Å². The Kier molecular flexibility index (Phi) is 7.11. The van der Waals surface area contributed by atoms with Gasteiger partial charge in [0.25, 0.3) is 0 Å². The minimum atomic E-state index is -4.19. The summed E-state index contributed by atoms with van der Waals surface area (Å²) >= 11 is 0. The van der Waals surface area contributed by atoms with Crippen LogP contribution in [0.25, 0.3) is 0 Å². The summed E-state index contributed by atoms with van der Waals surface area (Å²) < 4.78 is 36.1. The molecule has 0 aliphatic carbocycles. The summed E-state index contributed by atoms with van der Waals surface area (Å²) in [5.74, 6) is -0.129. The number of hydrogen-bond donors (Lipinski definition) is 1. The maximum Gasteiger partial charge on any atom is 1.00 e. The number of phenolic OH excluding ortho intramolecular Hbond substituents is 1. The molecule has 90 valence electrons. The molecule has 0 atom stereocenters. The van der Waals surface area contributed by atoms with E-state index in [1.807, 2.05) is 0 Å². The quantitative estimate of drug-likeness (QED) is 0.380. The number of rotatable bonds is 5. The van der Waals surface area contributed by atoms with Crippen LogP contribution in [0, 0.1) is 6.92 Å². The number of aromatic hydroxyl groups is 1. The van der Waals surface area contributed by atoms with Gasteiger partial charge in [-0.2, -0.15) is 0 Å². The Bertz CT molecular complexity index is 458. The molecule has 1 rings (SSSR count). The Morgan fingerprint density at radius 1 is 1.41 bits per heavy atom. The second-order valence-corrected chi connectivity index (χ2v) is 4.91. The Morgan fingerprint density at radius 2 is 2.06 bits per heavy atom. The van der Waals surface area contributed by atoms with Crippen molar-refractivity contribution in [1.29, 1.82) is 0 Å². The molecular weight excluding hydrogens is 255 g/mol. The molecule has 0 radical (unpaired) electrons. The molecule has 0 aromatic heterocycles. The van der Waals surface area contributed by atoms with Gasteiger partial charge in [-0.25, -0.2) is 8.42 Å². The van der Waals surface area contributed by atoms with Gasteiger partial charge in [-0.05, 0) is 25.0 Å². The molecule has 0 amide bonds. The van der Waals surface area contributed by atoms with E-state index in [-0.39, 0.29) is 48.3 Å². The van der Waals surface area contributed by atoms with Crippen molar-refractivity contribution in [3.8, 4) is 11.5 Å². The van der Waals surface area contributed by atoms with Crippen molar-refractivity contribution in [2.24, 2.45) is 0 Å². The normalized spacial score (nSPS) is 10.7. The van der Waals surface area contributed by atoms with Crippen LogP contribution in [-0.4, -0.2) is 30.4 Å². The van der Waals surface area contributed by atoms with Crippen molar-refractivity contribution in [1.82, 2.24) is 0 Å². The molecule has 0 spiro atoms. The summed E-state index contributed by atoms with van der Waals surface area (Å²) in [4.78, 5) is 0. The monoisotopic (exact) mass is 268 g/mol. The maximum atomic E-state index is 10.3. The standard InChI is InChI=1S/C10H14O5S.Na/c1-8-4-2-5-9(10(8)11)15-6-3-7-16(12,13)14;/h2,4-5,11H,3,6-7H2,1H3,(H,12,13,14);/q;+1/p-1. The van der Waals surface area contributed by atoms with Gasteiger partial charge >= 0.3 is 29.6 Å². The summed E-state index contributed by atoms with van der Waals surface area (Å²) in [7, 11) is -4.19. The first-order chi connectivity index (χ1) is 7.40. The molecule has 0 saturated heterocycles. The zero-order valence-electron chi connectivity index (χ0n) is 9.84. The summed E-state index contributed by atoms with van der Waals surface area (Å²) in [5.41, 5.74) is 0.675. The smallest absolute Gasteiger partial charge is 0.748 e. The van der Waals surface area contributed by atoms with Gasteiger partial charge in [-0.3, -0.25) is 0 Å². The van der Waals surface area contributed by atoms with Crippen molar-refractivity contribution >= 4 is 10.1 Å². The van der Waals surface area contributed by atoms with Gasteiger partial charge in [0.1, 0.15) is 0 Å². The molecule has 0 aliphatic rings. The first-order valence-electron chi connectivity index (χ1n) is 4.75. The van der Waals surface area contributed by atoms with Gasteiger partial charge < -0.3 is 14.4 Å². The SMILES string of the molecule is Cc1cccc(OCCCS(=O)(=O)[O-])c1O.[Na+]. The van der Waals surface area contributed by atoms with Gasteiger partial charge in [0, 0.05) is 5.75 Å². The van der Waals surface area contributed by atoms with Crippen LogP contribution in [0.15, 0.2) is 18.2 Å². The molecule has 17 heavy (non-hydrogen) atoms. The van der Waals surface area contributed by atoms with Gasteiger partial charge in [0.2, 0.25) is 0 Å². The molecule has 0 aliphatic heterocycles. The predicted molar refractivity (Wildman–Crippen MR) is 57.5 cm³/mol. The van der Waals surface area contributed by atoms with E-state index >= 15 is 0 Å². The largest absolute Gasteiger partial charge is 1.00 e. The Hall–Kier alpha value is -0.270. The molecule has 0 bridgehead atoms.